The highest BCUT2D eigenvalue weighted by Crippen LogP contribution is 2.27. The number of ether oxygens (including phenoxy) is 1. The van der Waals surface area contributed by atoms with Gasteiger partial charge in [-0.25, -0.2) is 0 Å². The number of halogens is 2. The summed E-state index contributed by atoms with van der Waals surface area (Å²) in [4.78, 5) is 13.0. The minimum atomic E-state index is -0.640. The van der Waals surface area contributed by atoms with Gasteiger partial charge in [0.15, 0.2) is 0 Å². The van der Waals surface area contributed by atoms with E-state index in [9.17, 15) is 4.79 Å². The normalized spacial score (nSPS) is 17.0. The summed E-state index contributed by atoms with van der Waals surface area (Å²) in [7, 11) is 0. The van der Waals surface area contributed by atoms with Crippen LogP contribution in [0.3, 0.4) is 0 Å². The Labute approximate surface area is 164 Å². The van der Waals surface area contributed by atoms with Gasteiger partial charge >= 0.3 is 0 Å². The highest BCUT2D eigenvalue weighted by Gasteiger charge is 2.41. The SMILES string of the molecule is CC(CNC(=O)C1(n2cccn2)CCNCC1)Oc1ccccc1Cl.Cl. The van der Waals surface area contributed by atoms with E-state index in [1.165, 1.54) is 0 Å². The van der Waals surface area contributed by atoms with Crippen molar-refractivity contribution in [2.75, 3.05) is 19.6 Å². The summed E-state index contributed by atoms with van der Waals surface area (Å²) in [5, 5.41) is 11.2. The van der Waals surface area contributed by atoms with E-state index in [0.29, 0.717) is 30.2 Å². The van der Waals surface area contributed by atoms with Crippen molar-refractivity contribution in [3.63, 3.8) is 0 Å². The van der Waals surface area contributed by atoms with Gasteiger partial charge in [0.25, 0.3) is 0 Å². The van der Waals surface area contributed by atoms with Gasteiger partial charge in [-0.15, -0.1) is 12.4 Å². The molecule has 0 bridgehead atoms. The van der Waals surface area contributed by atoms with Crippen molar-refractivity contribution in [1.29, 1.82) is 0 Å². The van der Waals surface area contributed by atoms with E-state index in [0.717, 1.165) is 13.1 Å². The second-order valence-electron chi connectivity index (χ2n) is 6.30. The lowest BCUT2D eigenvalue weighted by molar-refractivity contribution is -0.132. The van der Waals surface area contributed by atoms with Crippen LogP contribution in [0.25, 0.3) is 0 Å². The highest BCUT2D eigenvalue weighted by atomic mass is 35.5. The Hall–Kier alpha value is -1.76. The maximum absolute atomic E-state index is 13.0. The van der Waals surface area contributed by atoms with Gasteiger partial charge in [0.1, 0.15) is 17.4 Å². The van der Waals surface area contributed by atoms with Crippen molar-refractivity contribution >= 4 is 29.9 Å². The number of para-hydroxylation sites is 1. The smallest absolute Gasteiger partial charge is 0.248 e. The number of piperidine rings is 1. The Morgan fingerprint density at radius 2 is 2.12 bits per heavy atom. The third-order valence-electron chi connectivity index (χ3n) is 4.51. The zero-order valence-corrected chi connectivity index (χ0v) is 16.2. The first-order valence-electron chi connectivity index (χ1n) is 8.52. The number of carbonyl (C=O) groups excluding carboxylic acids is 1. The van der Waals surface area contributed by atoms with E-state index in [4.69, 9.17) is 16.3 Å². The molecule has 1 fully saturated rings. The molecule has 26 heavy (non-hydrogen) atoms. The van der Waals surface area contributed by atoms with Gasteiger partial charge in [-0.05, 0) is 51.1 Å². The summed E-state index contributed by atoms with van der Waals surface area (Å²) < 4.78 is 7.61. The number of rotatable bonds is 6. The van der Waals surface area contributed by atoms with E-state index in [-0.39, 0.29) is 24.4 Å². The number of amides is 1. The second kappa shape index (κ2) is 9.26. The van der Waals surface area contributed by atoms with Crippen LogP contribution in [0.5, 0.6) is 5.75 Å². The maximum Gasteiger partial charge on any atom is 0.248 e. The van der Waals surface area contributed by atoms with Crippen LogP contribution in [-0.4, -0.2) is 41.4 Å². The lowest BCUT2D eigenvalue weighted by Gasteiger charge is -2.36. The first-order chi connectivity index (χ1) is 12.1. The van der Waals surface area contributed by atoms with Crippen LogP contribution >= 0.6 is 24.0 Å². The molecule has 1 amide bonds. The minimum absolute atomic E-state index is 0. The second-order valence-corrected chi connectivity index (χ2v) is 6.71. The van der Waals surface area contributed by atoms with Gasteiger partial charge in [0, 0.05) is 12.4 Å². The Morgan fingerprint density at radius 3 is 2.77 bits per heavy atom. The molecule has 1 aromatic heterocycles. The molecular formula is C18H24Cl2N4O2. The fourth-order valence-electron chi connectivity index (χ4n) is 3.12. The van der Waals surface area contributed by atoms with E-state index >= 15 is 0 Å². The molecule has 0 spiro atoms. The van der Waals surface area contributed by atoms with Crippen LogP contribution in [0.1, 0.15) is 19.8 Å². The molecule has 1 saturated heterocycles. The third-order valence-corrected chi connectivity index (χ3v) is 4.82. The molecule has 0 radical (unpaired) electrons. The molecule has 3 rings (SSSR count). The average molecular weight is 399 g/mol. The number of nitrogens with one attached hydrogen (secondary N) is 2. The van der Waals surface area contributed by atoms with Gasteiger partial charge in [-0.1, -0.05) is 23.7 Å². The van der Waals surface area contributed by atoms with Gasteiger partial charge < -0.3 is 15.4 Å². The maximum atomic E-state index is 13.0. The Kier molecular flexibility index (Phi) is 7.32. The van der Waals surface area contributed by atoms with E-state index in [1.54, 1.807) is 16.9 Å². The number of hydrogen-bond acceptors (Lipinski definition) is 4. The van der Waals surface area contributed by atoms with Crippen LogP contribution in [0.4, 0.5) is 0 Å². The topological polar surface area (TPSA) is 68.2 Å². The highest BCUT2D eigenvalue weighted by molar-refractivity contribution is 6.32. The molecule has 1 unspecified atom stereocenters. The number of hydrogen-bond donors (Lipinski definition) is 2. The average Bonchev–Trinajstić information content (AvgIpc) is 3.17. The van der Waals surface area contributed by atoms with Crippen molar-refractivity contribution in [3.05, 3.63) is 47.7 Å². The van der Waals surface area contributed by atoms with Gasteiger partial charge in [-0.2, -0.15) is 5.10 Å². The fraction of sp³-hybridized carbons (Fsp3) is 0.444. The Bertz CT molecular complexity index is 703. The Morgan fingerprint density at radius 1 is 1.38 bits per heavy atom. The predicted octanol–water partition coefficient (Wildman–Crippen LogP) is 2.62. The molecule has 1 aromatic carbocycles. The first kappa shape index (κ1) is 20.6. The standard InChI is InChI=1S/C18H23ClN4O2.ClH/c1-14(25-16-6-3-2-5-15(16)19)13-21-17(24)18(7-10-20-11-8-18)23-12-4-9-22-23;/h2-6,9,12,14,20H,7-8,10-11,13H2,1H3,(H,21,24);1H. The molecule has 0 aliphatic carbocycles. The molecule has 2 N–H and O–H groups in total. The molecule has 2 aromatic rings. The van der Waals surface area contributed by atoms with Crippen LogP contribution in [0.15, 0.2) is 42.7 Å². The quantitative estimate of drug-likeness (QED) is 0.784. The van der Waals surface area contributed by atoms with Crippen LogP contribution in [0, 0.1) is 0 Å². The molecule has 142 valence electrons. The predicted molar refractivity (Wildman–Crippen MR) is 104 cm³/mol. The molecule has 8 heteroatoms. The number of carbonyl (C=O) groups is 1. The lowest BCUT2D eigenvalue weighted by atomic mass is 9.87. The van der Waals surface area contributed by atoms with E-state index in [2.05, 4.69) is 15.7 Å². The third kappa shape index (κ3) is 4.50. The minimum Gasteiger partial charge on any atom is -0.487 e. The largest absolute Gasteiger partial charge is 0.487 e. The van der Waals surface area contributed by atoms with Crippen LogP contribution in [-0.2, 0) is 10.3 Å². The lowest BCUT2D eigenvalue weighted by Crippen LogP contribution is -2.55. The van der Waals surface area contributed by atoms with E-state index < -0.39 is 5.54 Å². The van der Waals surface area contributed by atoms with Crippen molar-refractivity contribution in [2.45, 2.75) is 31.4 Å². The zero-order chi connectivity index (χ0) is 17.7. The number of nitrogens with zero attached hydrogens (tertiary/aromatic N) is 2. The summed E-state index contributed by atoms with van der Waals surface area (Å²) >= 11 is 6.11. The molecule has 1 aliphatic rings. The van der Waals surface area contributed by atoms with Gasteiger partial charge in [0.05, 0.1) is 11.6 Å². The van der Waals surface area contributed by atoms with Crippen LogP contribution < -0.4 is 15.4 Å². The van der Waals surface area contributed by atoms with E-state index in [1.807, 2.05) is 37.4 Å². The van der Waals surface area contributed by atoms with Crippen molar-refractivity contribution in [2.24, 2.45) is 0 Å². The summed E-state index contributed by atoms with van der Waals surface area (Å²) in [6.45, 7) is 3.89. The molecular weight excluding hydrogens is 375 g/mol. The summed E-state index contributed by atoms with van der Waals surface area (Å²) in [6.07, 6.45) is 4.79. The molecule has 6 nitrogen and oxygen atoms in total. The number of aromatic nitrogens is 2. The monoisotopic (exact) mass is 398 g/mol. The zero-order valence-electron chi connectivity index (χ0n) is 14.7. The molecule has 0 saturated carbocycles. The Balaban J connectivity index is 0.00000243. The van der Waals surface area contributed by atoms with Gasteiger partial charge in [-0.3, -0.25) is 9.48 Å². The van der Waals surface area contributed by atoms with Crippen LogP contribution in [0.2, 0.25) is 5.02 Å². The van der Waals surface area contributed by atoms with Gasteiger partial charge in [0.2, 0.25) is 5.91 Å². The summed E-state index contributed by atoms with van der Waals surface area (Å²) in [6, 6.07) is 9.17. The summed E-state index contributed by atoms with van der Waals surface area (Å²) in [5.74, 6) is 0.599. The fourth-order valence-corrected chi connectivity index (χ4v) is 3.30. The molecule has 1 aliphatic heterocycles. The number of benzene rings is 1. The van der Waals surface area contributed by atoms with Crippen molar-refractivity contribution < 1.29 is 9.53 Å². The van der Waals surface area contributed by atoms with Crippen molar-refractivity contribution in [3.8, 4) is 5.75 Å². The molecule has 2 heterocycles. The first-order valence-corrected chi connectivity index (χ1v) is 8.90. The summed E-state index contributed by atoms with van der Waals surface area (Å²) in [5.41, 5.74) is -0.640. The molecule has 1 atom stereocenters. The van der Waals surface area contributed by atoms with Crippen molar-refractivity contribution in [1.82, 2.24) is 20.4 Å².